The predicted molar refractivity (Wildman–Crippen MR) is 118 cm³/mol. The zero-order chi connectivity index (χ0) is 23.9. The first-order chi connectivity index (χ1) is 15.7. The number of aliphatic hydroxyl groups excluding tert-OH is 1. The van der Waals surface area contributed by atoms with Gasteiger partial charge in [-0.05, 0) is 25.1 Å². The predicted octanol–water partition coefficient (Wildman–Crippen LogP) is 2.12. The van der Waals surface area contributed by atoms with Crippen LogP contribution in [0.4, 0.5) is 14.9 Å². The highest BCUT2D eigenvalue weighted by atomic mass is 19.1. The van der Waals surface area contributed by atoms with Crippen LogP contribution in [0, 0.1) is 23.1 Å². The number of carbonyl (C=O) groups excluding carboxylic acids is 2. The number of fused-ring (bicyclic) bond motifs is 3. The second-order valence-corrected chi connectivity index (χ2v) is 8.55. The molecule has 10 heteroatoms. The Morgan fingerprint density at radius 3 is 2.91 bits per heavy atom. The molecule has 0 saturated carbocycles. The van der Waals surface area contributed by atoms with Crippen molar-refractivity contribution in [3.63, 3.8) is 0 Å². The fraction of sp³-hybridized carbons (Fsp3) is 0.391. The summed E-state index contributed by atoms with van der Waals surface area (Å²) in [5, 5.41) is 26.7. The van der Waals surface area contributed by atoms with Gasteiger partial charge in [-0.15, -0.1) is 6.58 Å². The summed E-state index contributed by atoms with van der Waals surface area (Å²) in [6, 6.07) is 4.94. The first-order valence-corrected chi connectivity index (χ1v) is 10.6. The van der Waals surface area contributed by atoms with Crippen molar-refractivity contribution < 1.29 is 19.1 Å². The van der Waals surface area contributed by atoms with Crippen LogP contribution in [0.15, 0.2) is 30.9 Å². The van der Waals surface area contributed by atoms with Crippen LogP contribution in [0.1, 0.15) is 34.2 Å². The van der Waals surface area contributed by atoms with Gasteiger partial charge in [-0.3, -0.25) is 9.48 Å². The van der Waals surface area contributed by atoms with E-state index in [1.807, 2.05) is 6.92 Å². The van der Waals surface area contributed by atoms with E-state index >= 15 is 0 Å². The van der Waals surface area contributed by atoms with E-state index in [0.29, 0.717) is 36.5 Å². The van der Waals surface area contributed by atoms with Crippen molar-refractivity contribution in [1.29, 1.82) is 5.26 Å². The summed E-state index contributed by atoms with van der Waals surface area (Å²) in [5.41, 5.74) is 2.01. The quantitative estimate of drug-likeness (QED) is 0.693. The Morgan fingerprint density at radius 2 is 2.21 bits per heavy atom. The summed E-state index contributed by atoms with van der Waals surface area (Å²) in [5.74, 6) is -1.12. The molecular weight excluding hydrogens is 427 g/mol. The Morgan fingerprint density at radius 1 is 1.45 bits per heavy atom. The topological polar surface area (TPSA) is 114 Å². The number of anilines is 1. The number of urea groups is 1. The zero-order valence-electron chi connectivity index (χ0n) is 18.5. The summed E-state index contributed by atoms with van der Waals surface area (Å²) < 4.78 is 15.2. The summed E-state index contributed by atoms with van der Waals surface area (Å²) in [7, 11) is 1.68. The fourth-order valence-electron chi connectivity index (χ4n) is 4.43. The number of amides is 3. The first kappa shape index (κ1) is 22.5. The first-order valence-electron chi connectivity index (χ1n) is 10.6. The molecule has 3 atom stereocenters. The maximum absolute atomic E-state index is 13.6. The Kier molecular flexibility index (Phi) is 5.91. The molecule has 1 unspecified atom stereocenters. The molecule has 2 aliphatic heterocycles. The van der Waals surface area contributed by atoms with Gasteiger partial charge in [0.1, 0.15) is 17.6 Å². The molecule has 1 aromatic heterocycles. The molecule has 0 bridgehead atoms. The largest absolute Gasteiger partial charge is 0.389 e. The van der Waals surface area contributed by atoms with Crippen LogP contribution in [0.3, 0.4) is 0 Å². The minimum atomic E-state index is -0.775. The van der Waals surface area contributed by atoms with Gasteiger partial charge in [-0.25, -0.2) is 9.18 Å². The maximum Gasteiger partial charge on any atom is 0.322 e. The standard InChI is InChI=1S/C23H25FN6O3/c1-4-20(31)15-10-28(3)22(32)21-17-12-29(13(2)7-19(17)27-30(21)11-15)23(33)26-16-5-6-18(24)14(8-16)9-25/h4-6,8,13,15,20,31H,1,7,10-12H2,2-3H3,(H,26,33)/t13-,15?,20+/m1/s1. The van der Waals surface area contributed by atoms with E-state index in [2.05, 4.69) is 17.0 Å². The van der Waals surface area contributed by atoms with E-state index in [-0.39, 0.29) is 30.0 Å². The molecule has 2 N–H and O–H groups in total. The van der Waals surface area contributed by atoms with Gasteiger partial charge in [0.25, 0.3) is 5.91 Å². The summed E-state index contributed by atoms with van der Waals surface area (Å²) >= 11 is 0. The Bertz CT molecular complexity index is 1170. The number of rotatable bonds is 3. The van der Waals surface area contributed by atoms with Gasteiger partial charge in [-0.2, -0.15) is 10.4 Å². The molecule has 2 aromatic rings. The zero-order valence-corrected chi connectivity index (χ0v) is 18.5. The molecule has 0 saturated heterocycles. The van der Waals surface area contributed by atoms with Crippen LogP contribution in [0.25, 0.3) is 0 Å². The van der Waals surface area contributed by atoms with Crippen molar-refractivity contribution in [1.82, 2.24) is 19.6 Å². The highest BCUT2D eigenvalue weighted by Crippen LogP contribution is 2.30. The van der Waals surface area contributed by atoms with Crippen molar-refractivity contribution in [3.8, 4) is 6.07 Å². The molecule has 9 nitrogen and oxygen atoms in total. The molecule has 0 aliphatic carbocycles. The molecule has 1 aromatic carbocycles. The lowest BCUT2D eigenvalue weighted by atomic mass is 9.99. The van der Waals surface area contributed by atoms with Crippen molar-refractivity contribution in [2.24, 2.45) is 5.92 Å². The van der Waals surface area contributed by atoms with E-state index in [0.717, 1.165) is 11.8 Å². The SMILES string of the molecule is C=C[C@H](O)C1CN(C)C(=O)c2c3c(nn2C1)C[C@@H](C)N(C(=O)Nc1ccc(F)c(C#N)c1)C3. The van der Waals surface area contributed by atoms with Gasteiger partial charge in [-0.1, -0.05) is 6.08 Å². The Balaban J connectivity index is 1.62. The van der Waals surface area contributed by atoms with Crippen LogP contribution in [0.2, 0.25) is 0 Å². The number of benzene rings is 1. The summed E-state index contributed by atoms with van der Waals surface area (Å²) in [6.45, 7) is 6.43. The van der Waals surface area contributed by atoms with Gasteiger partial charge in [0.2, 0.25) is 0 Å². The monoisotopic (exact) mass is 452 g/mol. The molecule has 3 heterocycles. The molecule has 0 spiro atoms. The lowest BCUT2D eigenvalue weighted by Crippen LogP contribution is -2.45. The van der Waals surface area contributed by atoms with Crippen LogP contribution in [-0.2, 0) is 19.5 Å². The summed E-state index contributed by atoms with van der Waals surface area (Å²) in [4.78, 5) is 29.3. The van der Waals surface area contributed by atoms with Crippen molar-refractivity contribution >= 4 is 17.6 Å². The van der Waals surface area contributed by atoms with E-state index in [1.54, 1.807) is 27.6 Å². The molecule has 0 radical (unpaired) electrons. The highest BCUT2D eigenvalue weighted by molar-refractivity contribution is 5.95. The molecule has 172 valence electrons. The van der Waals surface area contributed by atoms with Crippen molar-refractivity contribution in [2.45, 2.75) is 38.6 Å². The van der Waals surface area contributed by atoms with E-state index in [4.69, 9.17) is 5.26 Å². The number of aromatic nitrogens is 2. The number of hydrogen-bond acceptors (Lipinski definition) is 5. The van der Waals surface area contributed by atoms with E-state index < -0.39 is 18.0 Å². The van der Waals surface area contributed by atoms with Crippen molar-refractivity contribution in [3.05, 3.63) is 59.2 Å². The molecular formula is C23H25FN6O3. The lowest BCUT2D eigenvalue weighted by molar-refractivity contribution is 0.0724. The number of carbonyl (C=O) groups is 2. The number of halogens is 1. The van der Waals surface area contributed by atoms with Crippen LogP contribution in [-0.4, -0.2) is 62.4 Å². The minimum absolute atomic E-state index is 0.159. The van der Waals surface area contributed by atoms with Gasteiger partial charge in [0, 0.05) is 49.8 Å². The smallest absolute Gasteiger partial charge is 0.322 e. The number of nitrogens with one attached hydrogen (secondary N) is 1. The number of aliphatic hydroxyl groups is 1. The third kappa shape index (κ3) is 4.07. The van der Waals surface area contributed by atoms with Crippen LogP contribution < -0.4 is 5.32 Å². The van der Waals surface area contributed by atoms with Crippen LogP contribution >= 0.6 is 0 Å². The third-order valence-electron chi connectivity index (χ3n) is 6.27. The second-order valence-electron chi connectivity index (χ2n) is 8.55. The second kappa shape index (κ2) is 8.67. The van der Waals surface area contributed by atoms with E-state index in [1.165, 1.54) is 18.2 Å². The number of nitriles is 1. The average Bonchev–Trinajstić information content (AvgIpc) is 3.08. The Labute approximate surface area is 190 Å². The minimum Gasteiger partial charge on any atom is -0.389 e. The summed E-state index contributed by atoms with van der Waals surface area (Å²) in [6.07, 6.45) is 1.14. The van der Waals surface area contributed by atoms with E-state index in [9.17, 15) is 19.1 Å². The number of nitrogens with zero attached hydrogens (tertiary/aromatic N) is 5. The third-order valence-corrected chi connectivity index (χ3v) is 6.27. The normalized spacial score (nSPS) is 20.9. The lowest BCUT2D eigenvalue weighted by Gasteiger charge is -2.33. The van der Waals surface area contributed by atoms with Crippen molar-refractivity contribution in [2.75, 3.05) is 18.9 Å². The highest BCUT2D eigenvalue weighted by Gasteiger charge is 2.37. The molecule has 0 fully saturated rings. The average molecular weight is 452 g/mol. The number of hydrogen-bond donors (Lipinski definition) is 2. The van der Waals surface area contributed by atoms with Gasteiger partial charge in [0.05, 0.1) is 23.9 Å². The maximum atomic E-state index is 13.6. The Hall–Kier alpha value is -3.71. The van der Waals surface area contributed by atoms with Gasteiger partial charge in [0.15, 0.2) is 0 Å². The van der Waals surface area contributed by atoms with Gasteiger partial charge < -0.3 is 20.2 Å². The van der Waals surface area contributed by atoms with Crippen LogP contribution in [0.5, 0.6) is 0 Å². The molecule has 4 rings (SSSR count). The molecule has 3 amide bonds. The molecule has 2 aliphatic rings. The molecule has 33 heavy (non-hydrogen) atoms. The van der Waals surface area contributed by atoms with Gasteiger partial charge >= 0.3 is 6.03 Å². The fourth-order valence-corrected chi connectivity index (χ4v) is 4.43.